The van der Waals surface area contributed by atoms with Crippen molar-refractivity contribution in [1.29, 1.82) is 0 Å². The molecule has 0 aromatic heterocycles. The lowest BCUT2D eigenvalue weighted by atomic mass is 9.90. The van der Waals surface area contributed by atoms with Crippen LogP contribution in [0.4, 0.5) is 13.6 Å². The van der Waals surface area contributed by atoms with Crippen LogP contribution in [0, 0.1) is 11.6 Å². The quantitative estimate of drug-likeness (QED) is 0.904. The van der Waals surface area contributed by atoms with Gasteiger partial charge in [-0.2, -0.15) is 0 Å². The van der Waals surface area contributed by atoms with Gasteiger partial charge in [-0.25, -0.2) is 13.6 Å². The zero-order chi connectivity index (χ0) is 16.9. The Kier molecular flexibility index (Phi) is 5.08. The molecule has 3 rings (SSSR count). The van der Waals surface area contributed by atoms with Gasteiger partial charge in [-0.3, -0.25) is 0 Å². The minimum absolute atomic E-state index is 0.0129. The molecule has 1 aliphatic rings. The first-order valence-corrected chi connectivity index (χ1v) is 8.15. The predicted molar refractivity (Wildman–Crippen MR) is 88.6 cm³/mol. The molecule has 1 aliphatic heterocycles. The highest BCUT2D eigenvalue weighted by molar-refractivity contribution is 5.74. The standard InChI is InChI=1S/C19H20F2N2O/c20-17-6-7-18(21)16(12-17)13-22-19(24)23-10-8-15(9-11-23)14-4-2-1-3-5-14/h1-7,12,15H,8-11,13H2,(H,22,24). The van der Waals surface area contributed by atoms with Crippen molar-refractivity contribution in [1.82, 2.24) is 10.2 Å². The van der Waals surface area contributed by atoms with Crippen LogP contribution >= 0.6 is 0 Å². The number of nitrogens with one attached hydrogen (secondary N) is 1. The molecule has 0 atom stereocenters. The van der Waals surface area contributed by atoms with E-state index < -0.39 is 11.6 Å². The molecule has 126 valence electrons. The summed E-state index contributed by atoms with van der Waals surface area (Å²) in [4.78, 5) is 13.9. The zero-order valence-electron chi connectivity index (χ0n) is 13.3. The molecular formula is C19H20F2N2O. The monoisotopic (exact) mass is 330 g/mol. The van der Waals surface area contributed by atoms with E-state index in [0.717, 1.165) is 31.0 Å². The Morgan fingerprint density at radius 2 is 1.79 bits per heavy atom. The van der Waals surface area contributed by atoms with Gasteiger partial charge in [0, 0.05) is 25.2 Å². The fourth-order valence-electron chi connectivity index (χ4n) is 3.10. The topological polar surface area (TPSA) is 32.3 Å². The molecule has 5 heteroatoms. The minimum Gasteiger partial charge on any atom is -0.334 e. The summed E-state index contributed by atoms with van der Waals surface area (Å²) < 4.78 is 26.7. The van der Waals surface area contributed by atoms with Gasteiger partial charge >= 0.3 is 6.03 Å². The third kappa shape index (κ3) is 3.91. The van der Waals surface area contributed by atoms with E-state index >= 15 is 0 Å². The number of carbonyl (C=O) groups excluding carboxylic acids is 1. The molecule has 0 aliphatic carbocycles. The van der Waals surface area contributed by atoms with E-state index in [2.05, 4.69) is 17.4 Å². The molecule has 1 saturated heterocycles. The third-order valence-corrected chi connectivity index (χ3v) is 4.49. The van der Waals surface area contributed by atoms with Gasteiger partial charge in [0.1, 0.15) is 11.6 Å². The number of urea groups is 1. The van der Waals surface area contributed by atoms with Crippen molar-refractivity contribution >= 4 is 6.03 Å². The van der Waals surface area contributed by atoms with Crippen LogP contribution in [0.15, 0.2) is 48.5 Å². The van der Waals surface area contributed by atoms with Crippen LogP contribution in [0.25, 0.3) is 0 Å². The summed E-state index contributed by atoms with van der Waals surface area (Å²) in [5, 5.41) is 2.67. The first kappa shape index (κ1) is 16.4. The van der Waals surface area contributed by atoms with Crippen LogP contribution in [0.2, 0.25) is 0 Å². The second-order valence-corrected chi connectivity index (χ2v) is 6.07. The van der Waals surface area contributed by atoms with Crippen molar-refractivity contribution in [3.8, 4) is 0 Å². The Labute approximate surface area is 140 Å². The third-order valence-electron chi connectivity index (χ3n) is 4.49. The summed E-state index contributed by atoms with van der Waals surface area (Å²) in [6.45, 7) is 1.31. The maximum Gasteiger partial charge on any atom is 0.317 e. The lowest BCUT2D eigenvalue weighted by molar-refractivity contribution is 0.181. The van der Waals surface area contributed by atoms with Crippen molar-refractivity contribution in [3.05, 3.63) is 71.3 Å². The average Bonchev–Trinajstić information content (AvgIpc) is 2.63. The van der Waals surface area contributed by atoms with Gasteiger partial charge in [-0.15, -0.1) is 0 Å². The number of halogens is 2. The molecule has 2 aromatic rings. The molecule has 0 spiro atoms. The number of hydrogen-bond acceptors (Lipinski definition) is 1. The summed E-state index contributed by atoms with van der Waals surface area (Å²) in [5.41, 5.74) is 1.46. The van der Waals surface area contributed by atoms with Gasteiger partial charge < -0.3 is 10.2 Å². The molecule has 2 aromatic carbocycles. The molecule has 2 amide bonds. The Bertz CT molecular complexity index is 698. The van der Waals surface area contributed by atoms with E-state index in [1.54, 1.807) is 4.90 Å². The number of rotatable bonds is 3. The molecule has 24 heavy (non-hydrogen) atoms. The molecular weight excluding hydrogens is 310 g/mol. The molecule has 3 nitrogen and oxygen atoms in total. The van der Waals surface area contributed by atoms with Crippen LogP contribution < -0.4 is 5.32 Å². The summed E-state index contributed by atoms with van der Waals surface area (Å²) in [6, 6.07) is 13.3. The predicted octanol–water partition coefficient (Wildman–Crippen LogP) is 4.05. The number of benzene rings is 2. The smallest absolute Gasteiger partial charge is 0.317 e. The van der Waals surface area contributed by atoms with Crippen LogP contribution in [0.5, 0.6) is 0 Å². The number of hydrogen-bond donors (Lipinski definition) is 1. The fourth-order valence-corrected chi connectivity index (χ4v) is 3.10. The van der Waals surface area contributed by atoms with Gasteiger partial charge in [0.2, 0.25) is 0 Å². The van der Waals surface area contributed by atoms with Gasteiger partial charge in [-0.05, 0) is 42.5 Å². The molecule has 0 unspecified atom stereocenters. The highest BCUT2D eigenvalue weighted by Gasteiger charge is 2.23. The highest BCUT2D eigenvalue weighted by atomic mass is 19.1. The van der Waals surface area contributed by atoms with Crippen LogP contribution in [0.3, 0.4) is 0 Å². The molecule has 1 fully saturated rings. The van der Waals surface area contributed by atoms with E-state index in [0.29, 0.717) is 19.0 Å². The Morgan fingerprint density at radius 3 is 2.50 bits per heavy atom. The first-order valence-electron chi connectivity index (χ1n) is 8.15. The largest absolute Gasteiger partial charge is 0.334 e. The number of nitrogens with zero attached hydrogens (tertiary/aromatic N) is 1. The second-order valence-electron chi connectivity index (χ2n) is 6.07. The lowest BCUT2D eigenvalue weighted by Gasteiger charge is -2.32. The van der Waals surface area contributed by atoms with Crippen molar-refractivity contribution in [2.45, 2.75) is 25.3 Å². The molecule has 1 N–H and O–H groups in total. The summed E-state index contributed by atoms with van der Waals surface area (Å²) in [6.07, 6.45) is 1.82. The van der Waals surface area contributed by atoms with Crippen LogP contribution in [0.1, 0.15) is 29.9 Å². The van der Waals surface area contributed by atoms with Crippen molar-refractivity contribution < 1.29 is 13.6 Å². The van der Waals surface area contributed by atoms with Gasteiger partial charge in [0.05, 0.1) is 0 Å². The normalized spacial score (nSPS) is 15.3. The Morgan fingerprint density at radius 1 is 1.08 bits per heavy atom. The first-order chi connectivity index (χ1) is 11.6. The van der Waals surface area contributed by atoms with E-state index in [-0.39, 0.29) is 18.1 Å². The number of carbonyl (C=O) groups is 1. The molecule has 0 radical (unpaired) electrons. The fraction of sp³-hybridized carbons (Fsp3) is 0.316. The zero-order valence-corrected chi connectivity index (χ0v) is 13.3. The number of likely N-dealkylation sites (tertiary alicyclic amines) is 1. The van der Waals surface area contributed by atoms with Crippen molar-refractivity contribution in [2.24, 2.45) is 0 Å². The minimum atomic E-state index is -0.514. The maximum absolute atomic E-state index is 13.6. The summed E-state index contributed by atoms with van der Waals surface area (Å²) in [5.74, 6) is -0.556. The van der Waals surface area contributed by atoms with Gasteiger partial charge in [-0.1, -0.05) is 30.3 Å². The van der Waals surface area contributed by atoms with Crippen LogP contribution in [-0.4, -0.2) is 24.0 Å². The maximum atomic E-state index is 13.6. The van der Waals surface area contributed by atoms with Gasteiger partial charge in [0.15, 0.2) is 0 Å². The van der Waals surface area contributed by atoms with E-state index in [9.17, 15) is 13.6 Å². The Balaban J connectivity index is 1.51. The van der Waals surface area contributed by atoms with Crippen molar-refractivity contribution in [2.75, 3.05) is 13.1 Å². The molecule has 0 bridgehead atoms. The van der Waals surface area contributed by atoms with Gasteiger partial charge in [0.25, 0.3) is 0 Å². The second kappa shape index (κ2) is 7.43. The number of amides is 2. The van der Waals surface area contributed by atoms with Crippen molar-refractivity contribution in [3.63, 3.8) is 0 Å². The summed E-state index contributed by atoms with van der Waals surface area (Å²) >= 11 is 0. The average molecular weight is 330 g/mol. The van der Waals surface area contributed by atoms with Crippen LogP contribution in [-0.2, 0) is 6.54 Å². The molecule has 1 heterocycles. The lowest BCUT2D eigenvalue weighted by Crippen LogP contribution is -2.43. The SMILES string of the molecule is O=C(NCc1cc(F)ccc1F)N1CCC(c2ccccc2)CC1. The number of piperidine rings is 1. The van der Waals surface area contributed by atoms with E-state index in [1.165, 1.54) is 5.56 Å². The molecule has 0 saturated carbocycles. The summed E-state index contributed by atoms with van der Waals surface area (Å²) in [7, 11) is 0. The highest BCUT2D eigenvalue weighted by Crippen LogP contribution is 2.27. The van der Waals surface area contributed by atoms with E-state index in [1.807, 2.05) is 18.2 Å². The Hall–Kier alpha value is -2.43. The van der Waals surface area contributed by atoms with E-state index in [4.69, 9.17) is 0 Å².